The maximum absolute atomic E-state index is 13.1. The Kier molecular flexibility index (Phi) is 4.60. The van der Waals surface area contributed by atoms with Gasteiger partial charge in [-0.1, -0.05) is 35.9 Å². The van der Waals surface area contributed by atoms with Crippen molar-refractivity contribution in [2.75, 3.05) is 11.9 Å². The number of carbonyl (C=O) groups excluding carboxylic acids is 3. The van der Waals surface area contributed by atoms with E-state index in [0.29, 0.717) is 11.4 Å². The fraction of sp³-hybridized carbons (Fsp3) is 0.0870. The van der Waals surface area contributed by atoms with Crippen molar-refractivity contribution in [1.82, 2.24) is 9.47 Å². The van der Waals surface area contributed by atoms with Gasteiger partial charge >= 0.3 is 6.03 Å². The predicted molar refractivity (Wildman–Crippen MR) is 111 cm³/mol. The number of anilines is 1. The number of benzene rings is 2. The summed E-state index contributed by atoms with van der Waals surface area (Å²) in [6.07, 6.45) is 3.38. The van der Waals surface area contributed by atoms with Gasteiger partial charge in [0.1, 0.15) is 5.57 Å². The Bertz CT molecular complexity index is 1130. The smallest absolute Gasteiger partial charge is 0.317 e. The first-order chi connectivity index (χ1) is 14.0. The molecule has 1 aromatic heterocycles. The number of nitrogens with zero attached hydrogens (tertiary/aromatic N) is 3. The number of para-hydroxylation sites is 1. The van der Waals surface area contributed by atoms with Crippen LogP contribution < -0.4 is 4.90 Å². The van der Waals surface area contributed by atoms with Crippen LogP contribution >= 0.6 is 0 Å². The first-order valence-corrected chi connectivity index (χ1v) is 9.15. The molecule has 1 fully saturated rings. The summed E-state index contributed by atoms with van der Waals surface area (Å²) >= 11 is 0. The highest BCUT2D eigenvalue weighted by Gasteiger charge is 2.41. The lowest BCUT2D eigenvalue weighted by molar-refractivity contribution is -0.128. The molecule has 1 aliphatic heterocycles. The third-order valence-corrected chi connectivity index (χ3v) is 4.85. The van der Waals surface area contributed by atoms with Crippen LogP contribution in [0.4, 0.5) is 10.5 Å². The number of likely N-dealkylation sites (N-methyl/N-ethyl adjacent to an activating group) is 1. The molecule has 0 N–H and O–H groups in total. The monoisotopic (exact) mass is 385 g/mol. The van der Waals surface area contributed by atoms with E-state index in [4.69, 9.17) is 0 Å². The van der Waals surface area contributed by atoms with Crippen molar-refractivity contribution in [3.05, 3.63) is 89.8 Å². The van der Waals surface area contributed by atoms with Crippen LogP contribution in [0.15, 0.2) is 78.5 Å². The number of imide groups is 2. The van der Waals surface area contributed by atoms with Crippen LogP contribution in [0.5, 0.6) is 0 Å². The predicted octanol–water partition coefficient (Wildman–Crippen LogP) is 3.79. The Hall–Kier alpha value is -3.93. The van der Waals surface area contributed by atoms with Gasteiger partial charge in [0.25, 0.3) is 11.8 Å². The Morgan fingerprint density at radius 3 is 2.14 bits per heavy atom. The zero-order valence-electron chi connectivity index (χ0n) is 16.1. The lowest BCUT2D eigenvalue weighted by Crippen LogP contribution is -2.55. The molecule has 4 rings (SSSR count). The summed E-state index contributed by atoms with van der Waals surface area (Å²) in [6.45, 7) is 1.92. The maximum atomic E-state index is 13.1. The van der Waals surface area contributed by atoms with Gasteiger partial charge in [0.15, 0.2) is 0 Å². The number of rotatable bonds is 3. The van der Waals surface area contributed by atoms with Crippen molar-refractivity contribution >= 4 is 29.6 Å². The number of urea groups is 1. The molecule has 1 aliphatic rings. The maximum Gasteiger partial charge on any atom is 0.338 e. The standard InChI is InChI=1S/C23H19N3O3/c1-16-10-12-18(13-11-16)26-22(28)20(21(27)24(2)23(26)29)15-19-9-6-14-25(19)17-7-4-3-5-8-17/h3-15H,1-2H3/b20-15+. The second-order valence-electron chi connectivity index (χ2n) is 6.82. The zero-order valence-corrected chi connectivity index (χ0v) is 16.1. The quantitative estimate of drug-likeness (QED) is 0.509. The van der Waals surface area contributed by atoms with E-state index in [2.05, 4.69) is 0 Å². The summed E-state index contributed by atoms with van der Waals surface area (Å²) in [6, 6.07) is 19.6. The van der Waals surface area contributed by atoms with Gasteiger partial charge in [0.05, 0.1) is 5.69 Å². The fourth-order valence-electron chi connectivity index (χ4n) is 3.24. The van der Waals surface area contributed by atoms with E-state index in [1.165, 1.54) is 13.1 Å². The number of carbonyl (C=O) groups is 3. The molecule has 3 aromatic rings. The van der Waals surface area contributed by atoms with Crippen molar-refractivity contribution < 1.29 is 14.4 Å². The third-order valence-electron chi connectivity index (χ3n) is 4.85. The third kappa shape index (κ3) is 3.25. The van der Waals surface area contributed by atoms with Crippen LogP contribution in [0.3, 0.4) is 0 Å². The molecule has 0 atom stereocenters. The normalized spacial score (nSPS) is 16.1. The Balaban J connectivity index is 1.78. The van der Waals surface area contributed by atoms with Gasteiger partial charge in [0.2, 0.25) is 0 Å². The molecule has 1 saturated heterocycles. The first-order valence-electron chi connectivity index (χ1n) is 9.15. The van der Waals surface area contributed by atoms with Gasteiger partial charge in [-0.3, -0.25) is 14.5 Å². The Morgan fingerprint density at radius 2 is 1.45 bits per heavy atom. The molecule has 4 amide bonds. The molecule has 6 heteroatoms. The lowest BCUT2D eigenvalue weighted by atomic mass is 10.1. The minimum atomic E-state index is -0.667. The van der Waals surface area contributed by atoms with E-state index in [1.54, 1.807) is 12.1 Å². The summed E-state index contributed by atoms with van der Waals surface area (Å²) in [5.41, 5.74) is 2.93. The van der Waals surface area contributed by atoms with Crippen LogP contribution in [-0.2, 0) is 9.59 Å². The molecule has 0 unspecified atom stereocenters. The molecule has 0 saturated carbocycles. The summed E-state index contributed by atoms with van der Waals surface area (Å²) in [5, 5.41) is 0. The van der Waals surface area contributed by atoms with Crippen molar-refractivity contribution in [1.29, 1.82) is 0 Å². The van der Waals surface area contributed by atoms with E-state index in [1.807, 2.05) is 72.3 Å². The molecular weight excluding hydrogens is 366 g/mol. The van der Waals surface area contributed by atoms with Crippen molar-refractivity contribution in [2.24, 2.45) is 0 Å². The highest BCUT2D eigenvalue weighted by atomic mass is 16.2. The molecule has 0 radical (unpaired) electrons. The highest BCUT2D eigenvalue weighted by Crippen LogP contribution is 2.26. The van der Waals surface area contributed by atoms with E-state index >= 15 is 0 Å². The van der Waals surface area contributed by atoms with Crippen LogP contribution in [0.2, 0.25) is 0 Å². The van der Waals surface area contributed by atoms with Crippen molar-refractivity contribution in [3.63, 3.8) is 0 Å². The van der Waals surface area contributed by atoms with Crippen LogP contribution in [0.1, 0.15) is 11.3 Å². The number of aryl methyl sites for hydroxylation is 1. The number of barbiturate groups is 1. The van der Waals surface area contributed by atoms with Gasteiger partial charge in [-0.25, -0.2) is 9.69 Å². The van der Waals surface area contributed by atoms with Crippen molar-refractivity contribution in [3.8, 4) is 5.69 Å². The number of amides is 4. The van der Waals surface area contributed by atoms with E-state index < -0.39 is 17.8 Å². The van der Waals surface area contributed by atoms with E-state index in [-0.39, 0.29) is 5.57 Å². The van der Waals surface area contributed by atoms with Gasteiger partial charge in [-0.05, 0) is 49.4 Å². The Labute approximate surface area is 168 Å². The number of hydrogen-bond acceptors (Lipinski definition) is 3. The van der Waals surface area contributed by atoms with Crippen LogP contribution in [0, 0.1) is 6.92 Å². The minimum Gasteiger partial charge on any atom is -0.317 e. The number of aromatic nitrogens is 1. The average Bonchev–Trinajstić information content (AvgIpc) is 3.20. The molecular formula is C23H19N3O3. The number of hydrogen-bond donors (Lipinski definition) is 0. The first kappa shape index (κ1) is 18.4. The van der Waals surface area contributed by atoms with Crippen LogP contribution in [-0.4, -0.2) is 34.4 Å². The molecule has 6 nitrogen and oxygen atoms in total. The molecule has 2 heterocycles. The molecule has 0 aliphatic carbocycles. The van der Waals surface area contributed by atoms with E-state index in [9.17, 15) is 14.4 Å². The second-order valence-corrected chi connectivity index (χ2v) is 6.82. The molecule has 0 spiro atoms. The highest BCUT2D eigenvalue weighted by molar-refractivity contribution is 6.38. The average molecular weight is 385 g/mol. The van der Waals surface area contributed by atoms with Gasteiger partial charge in [-0.15, -0.1) is 0 Å². The minimum absolute atomic E-state index is 0.0662. The fourth-order valence-corrected chi connectivity index (χ4v) is 3.24. The largest absolute Gasteiger partial charge is 0.338 e. The molecule has 144 valence electrons. The van der Waals surface area contributed by atoms with Gasteiger partial charge < -0.3 is 4.57 Å². The molecule has 0 bridgehead atoms. The SMILES string of the molecule is Cc1ccc(N2C(=O)/C(=C/c3cccn3-c3ccccc3)C(=O)N(C)C2=O)cc1. The summed E-state index contributed by atoms with van der Waals surface area (Å²) in [5.74, 6) is -1.26. The van der Waals surface area contributed by atoms with Gasteiger partial charge in [-0.2, -0.15) is 0 Å². The summed E-state index contributed by atoms with van der Waals surface area (Å²) < 4.78 is 1.88. The second kappa shape index (κ2) is 7.24. The molecule has 2 aromatic carbocycles. The van der Waals surface area contributed by atoms with Gasteiger partial charge in [0, 0.05) is 24.6 Å². The summed E-state index contributed by atoms with van der Waals surface area (Å²) in [4.78, 5) is 40.5. The molecule has 29 heavy (non-hydrogen) atoms. The Morgan fingerprint density at radius 1 is 0.759 bits per heavy atom. The summed E-state index contributed by atoms with van der Waals surface area (Å²) in [7, 11) is 1.38. The van der Waals surface area contributed by atoms with E-state index in [0.717, 1.165) is 21.1 Å². The topological polar surface area (TPSA) is 62.6 Å². The van der Waals surface area contributed by atoms with Crippen LogP contribution in [0.25, 0.3) is 11.8 Å². The lowest BCUT2D eigenvalue weighted by Gasteiger charge is -2.31. The zero-order chi connectivity index (χ0) is 20.5. The van der Waals surface area contributed by atoms with Crippen molar-refractivity contribution in [2.45, 2.75) is 6.92 Å².